The van der Waals surface area contributed by atoms with E-state index >= 15 is 0 Å². The van der Waals surface area contributed by atoms with Crippen molar-refractivity contribution in [2.24, 2.45) is 0 Å². The number of benzene rings is 2. The van der Waals surface area contributed by atoms with Gasteiger partial charge in [0.1, 0.15) is 0 Å². The first-order chi connectivity index (χ1) is 11.5. The average molecular weight is 339 g/mol. The summed E-state index contributed by atoms with van der Waals surface area (Å²) in [4.78, 5) is 30.0. The summed E-state index contributed by atoms with van der Waals surface area (Å²) in [6, 6.07) is 14.8. The Bertz CT molecular complexity index is 871. The van der Waals surface area contributed by atoms with Crippen LogP contribution in [0.1, 0.15) is 17.3 Å². The van der Waals surface area contributed by atoms with Crippen LogP contribution < -0.4 is 10.2 Å². The lowest BCUT2D eigenvalue weighted by atomic mass is 10.1. The number of ketones is 1. The summed E-state index contributed by atoms with van der Waals surface area (Å²) < 4.78 is 1.09. The minimum Gasteiger partial charge on any atom is -0.342 e. The van der Waals surface area contributed by atoms with Crippen LogP contribution in [0.25, 0.3) is 10.2 Å². The molecule has 1 N–H and O–H groups in total. The molecule has 1 amide bonds. The van der Waals surface area contributed by atoms with Crippen LogP contribution in [-0.4, -0.2) is 30.3 Å². The predicted octanol–water partition coefficient (Wildman–Crippen LogP) is 3.57. The van der Waals surface area contributed by atoms with E-state index in [4.69, 9.17) is 0 Å². The second-order valence-electron chi connectivity index (χ2n) is 5.51. The zero-order valence-corrected chi connectivity index (χ0v) is 14.3. The minimum absolute atomic E-state index is 0.0299. The zero-order valence-electron chi connectivity index (χ0n) is 13.4. The van der Waals surface area contributed by atoms with Crippen LogP contribution in [0.15, 0.2) is 48.5 Å². The molecule has 0 atom stereocenters. The molecule has 2 aromatic carbocycles. The second-order valence-corrected chi connectivity index (χ2v) is 6.51. The Morgan fingerprint density at radius 2 is 1.96 bits per heavy atom. The number of aromatic nitrogens is 1. The number of Topliss-reactive ketones (excluding diaryl/α,β-unsaturated/α-hetero) is 1. The Labute approximate surface area is 143 Å². The smallest absolute Gasteiger partial charge is 0.243 e. The number of para-hydroxylation sites is 1. The monoisotopic (exact) mass is 339 g/mol. The molecule has 0 aliphatic carbocycles. The van der Waals surface area contributed by atoms with Gasteiger partial charge in [-0.25, -0.2) is 4.98 Å². The first-order valence-corrected chi connectivity index (χ1v) is 8.32. The molecule has 122 valence electrons. The lowest BCUT2D eigenvalue weighted by Crippen LogP contribution is -2.30. The fraction of sp³-hybridized carbons (Fsp3) is 0.167. The third kappa shape index (κ3) is 3.60. The molecule has 0 radical (unpaired) electrons. The molecule has 0 saturated carbocycles. The Morgan fingerprint density at radius 1 is 1.17 bits per heavy atom. The predicted molar refractivity (Wildman–Crippen MR) is 98.0 cm³/mol. The van der Waals surface area contributed by atoms with Gasteiger partial charge in [0.2, 0.25) is 5.91 Å². The zero-order chi connectivity index (χ0) is 17.1. The van der Waals surface area contributed by atoms with E-state index in [1.807, 2.05) is 36.2 Å². The van der Waals surface area contributed by atoms with E-state index < -0.39 is 0 Å². The van der Waals surface area contributed by atoms with Gasteiger partial charge in [0.05, 0.1) is 16.8 Å². The van der Waals surface area contributed by atoms with Crippen molar-refractivity contribution < 1.29 is 9.59 Å². The number of amides is 1. The number of thiazole rings is 1. The molecule has 3 aromatic rings. The summed E-state index contributed by atoms with van der Waals surface area (Å²) in [5.41, 5.74) is 2.12. The first-order valence-electron chi connectivity index (χ1n) is 7.50. The molecule has 24 heavy (non-hydrogen) atoms. The lowest BCUT2D eigenvalue weighted by Gasteiger charge is -2.15. The third-order valence-corrected chi connectivity index (χ3v) is 4.69. The van der Waals surface area contributed by atoms with Crippen LogP contribution in [0.2, 0.25) is 0 Å². The van der Waals surface area contributed by atoms with E-state index in [1.165, 1.54) is 6.92 Å². The highest BCUT2D eigenvalue weighted by atomic mass is 32.1. The van der Waals surface area contributed by atoms with Crippen molar-refractivity contribution in [3.63, 3.8) is 0 Å². The molecule has 0 fully saturated rings. The molecule has 0 aliphatic heterocycles. The molecule has 0 bridgehead atoms. The van der Waals surface area contributed by atoms with Gasteiger partial charge in [-0.15, -0.1) is 0 Å². The van der Waals surface area contributed by atoms with Crippen molar-refractivity contribution in [1.82, 2.24) is 4.98 Å². The highest BCUT2D eigenvalue weighted by molar-refractivity contribution is 7.22. The maximum atomic E-state index is 12.2. The van der Waals surface area contributed by atoms with E-state index in [2.05, 4.69) is 10.3 Å². The summed E-state index contributed by atoms with van der Waals surface area (Å²) >= 11 is 1.55. The van der Waals surface area contributed by atoms with Crippen LogP contribution in [0, 0.1) is 0 Å². The van der Waals surface area contributed by atoms with Gasteiger partial charge in [0.15, 0.2) is 10.9 Å². The van der Waals surface area contributed by atoms with Gasteiger partial charge in [-0.2, -0.15) is 0 Å². The number of rotatable bonds is 5. The first kappa shape index (κ1) is 16.1. The molecule has 0 unspecified atom stereocenters. The summed E-state index contributed by atoms with van der Waals surface area (Å²) in [6.45, 7) is 1.69. The van der Waals surface area contributed by atoms with E-state index in [0.29, 0.717) is 11.3 Å². The number of fused-ring (bicyclic) bond motifs is 1. The highest BCUT2D eigenvalue weighted by Crippen LogP contribution is 2.27. The van der Waals surface area contributed by atoms with Gasteiger partial charge in [-0.3, -0.25) is 9.59 Å². The molecule has 1 heterocycles. The fourth-order valence-electron chi connectivity index (χ4n) is 2.32. The highest BCUT2D eigenvalue weighted by Gasteiger charge is 2.12. The van der Waals surface area contributed by atoms with Crippen molar-refractivity contribution in [3.8, 4) is 0 Å². The van der Waals surface area contributed by atoms with Gasteiger partial charge < -0.3 is 10.2 Å². The maximum absolute atomic E-state index is 12.2. The Hall–Kier alpha value is -2.73. The van der Waals surface area contributed by atoms with Gasteiger partial charge in [-0.05, 0) is 31.2 Å². The van der Waals surface area contributed by atoms with Crippen LogP contribution in [0.3, 0.4) is 0 Å². The Balaban J connectivity index is 1.67. The standard InChI is InChI=1S/C18H17N3O2S/c1-12(22)13-6-5-7-14(10-13)19-17(23)11-21(2)18-20-15-8-3-4-9-16(15)24-18/h3-10H,11H2,1-2H3,(H,19,23). The van der Waals surface area contributed by atoms with Gasteiger partial charge in [-0.1, -0.05) is 35.6 Å². The number of nitrogens with one attached hydrogen (secondary N) is 1. The fourth-order valence-corrected chi connectivity index (χ4v) is 3.25. The van der Waals surface area contributed by atoms with Crippen molar-refractivity contribution >= 4 is 44.1 Å². The van der Waals surface area contributed by atoms with Gasteiger partial charge in [0.25, 0.3) is 0 Å². The molecule has 0 aliphatic rings. The minimum atomic E-state index is -0.155. The summed E-state index contributed by atoms with van der Waals surface area (Å²) in [5.74, 6) is -0.185. The van der Waals surface area contributed by atoms with Crippen LogP contribution in [0.5, 0.6) is 0 Å². The van der Waals surface area contributed by atoms with E-state index in [1.54, 1.807) is 35.6 Å². The van der Waals surface area contributed by atoms with Gasteiger partial charge >= 0.3 is 0 Å². The topological polar surface area (TPSA) is 62.3 Å². The van der Waals surface area contributed by atoms with Crippen LogP contribution in [-0.2, 0) is 4.79 Å². The van der Waals surface area contributed by atoms with Crippen molar-refractivity contribution in [2.45, 2.75) is 6.92 Å². The number of hydrogen-bond donors (Lipinski definition) is 1. The number of likely N-dealkylation sites (N-methyl/N-ethyl adjacent to an activating group) is 1. The molecular formula is C18H17N3O2S. The number of carbonyl (C=O) groups is 2. The number of carbonyl (C=O) groups excluding carboxylic acids is 2. The summed E-state index contributed by atoms with van der Waals surface area (Å²) in [6.07, 6.45) is 0. The van der Waals surface area contributed by atoms with E-state index in [-0.39, 0.29) is 18.2 Å². The number of nitrogens with zero attached hydrogens (tertiary/aromatic N) is 2. The van der Waals surface area contributed by atoms with Crippen molar-refractivity contribution in [2.75, 3.05) is 23.8 Å². The van der Waals surface area contributed by atoms with E-state index in [9.17, 15) is 9.59 Å². The molecular weight excluding hydrogens is 322 g/mol. The second kappa shape index (κ2) is 6.80. The Morgan fingerprint density at radius 3 is 2.71 bits per heavy atom. The van der Waals surface area contributed by atoms with Crippen LogP contribution in [0.4, 0.5) is 10.8 Å². The van der Waals surface area contributed by atoms with Crippen molar-refractivity contribution in [3.05, 3.63) is 54.1 Å². The summed E-state index contributed by atoms with van der Waals surface area (Å²) in [7, 11) is 1.84. The molecule has 1 aromatic heterocycles. The van der Waals surface area contributed by atoms with E-state index in [0.717, 1.165) is 15.3 Å². The van der Waals surface area contributed by atoms with Crippen LogP contribution >= 0.6 is 11.3 Å². The number of hydrogen-bond acceptors (Lipinski definition) is 5. The normalized spacial score (nSPS) is 10.6. The third-order valence-electron chi connectivity index (χ3n) is 3.54. The molecule has 5 nitrogen and oxygen atoms in total. The molecule has 0 saturated heterocycles. The van der Waals surface area contributed by atoms with Gasteiger partial charge in [0, 0.05) is 18.3 Å². The van der Waals surface area contributed by atoms with Crippen molar-refractivity contribution in [1.29, 1.82) is 0 Å². The average Bonchev–Trinajstić information content (AvgIpc) is 2.99. The number of anilines is 2. The largest absolute Gasteiger partial charge is 0.342 e. The summed E-state index contributed by atoms with van der Waals surface area (Å²) in [5, 5.41) is 3.61. The lowest BCUT2D eigenvalue weighted by molar-refractivity contribution is -0.114. The molecule has 0 spiro atoms. The molecule has 6 heteroatoms. The molecule has 3 rings (SSSR count). The maximum Gasteiger partial charge on any atom is 0.243 e. The SMILES string of the molecule is CC(=O)c1cccc(NC(=O)CN(C)c2nc3ccccc3s2)c1. The quantitative estimate of drug-likeness (QED) is 0.722. The Kier molecular flexibility index (Phi) is 4.57.